The van der Waals surface area contributed by atoms with E-state index >= 15 is 0 Å². The van der Waals surface area contributed by atoms with Crippen LogP contribution in [0.1, 0.15) is 13.3 Å². The number of hydrogen-bond acceptors (Lipinski definition) is 4. The minimum Gasteiger partial charge on any atom is -0.301 e. The van der Waals surface area contributed by atoms with Crippen LogP contribution in [-0.2, 0) is 9.59 Å². The first-order chi connectivity index (χ1) is 10.6. The Morgan fingerprint density at radius 3 is 2.45 bits per heavy atom. The van der Waals surface area contributed by atoms with Crippen LogP contribution in [0.3, 0.4) is 0 Å². The molecule has 2 amide bonds. The number of nitrogens with zero attached hydrogens (tertiary/aromatic N) is 3. The molecule has 0 aromatic heterocycles. The van der Waals surface area contributed by atoms with Crippen LogP contribution < -0.4 is 4.90 Å². The van der Waals surface area contributed by atoms with Crippen LogP contribution in [0.15, 0.2) is 24.3 Å². The number of piperazine rings is 1. The Kier molecular flexibility index (Phi) is 4.47. The molecule has 1 aromatic rings. The van der Waals surface area contributed by atoms with Crippen LogP contribution in [-0.4, -0.2) is 60.4 Å². The average molecular weight is 322 g/mol. The highest BCUT2D eigenvalue weighted by molar-refractivity contribution is 6.36. The van der Waals surface area contributed by atoms with E-state index in [0.717, 1.165) is 32.7 Å². The lowest BCUT2D eigenvalue weighted by Crippen LogP contribution is -2.52. The summed E-state index contributed by atoms with van der Waals surface area (Å²) in [6.45, 7) is 6.71. The molecule has 0 aliphatic carbocycles. The molecule has 0 bridgehead atoms. The fourth-order valence-electron chi connectivity index (χ4n) is 3.18. The molecule has 0 spiro atoms. The maximum absolute atomic E-state index is 12.7. The number of likely N-dealkylation sites (N-methyl/N-ethyl adjacent to an activating group) is 1. The molecule has 2 saturated heterocycles. The Balaban J connectivity index is 1.76. The van der Waals surface area contributed by atoms with E-state index in [-0.39, 0.29) is 24.3 Å². The molecule has 22 heavy (non-hydrogen) atoms. The zero-order chi connectivity index (χ0) is 15.7. The number of rotatable bonds is 3. The van der Waals surface area contributed by atoms with Crippen molar-refractivity contribution in [2.24, 2.45) is 0 Å². The Labute approximate surface area is 135 Å². The van der Waals surface area contributed by atoms with E-state index in [9.17, 15) is 9.59 Å². The second kappa shape index (κ2) is 6.36. The predicted molar refractivity (Wildman–Crippen MR) is 86.0 cm³/mol. The van der Waals surface area contributed by atoms with Gasteiger partial charge in [0.05, 0.1) is 23.2 Å². The van der Waals surface area contributed by atoms with Gasteiger partial charge in [-0.3, -0.25) is 14.5 Å². The standard InChI is InChI=1S/C16H20ClN3O2/c1-2-18-7-9-19(10-8-18)14-11-15(21)20(16(14)22)13-6-4-3-5-12(13)17/h3-6,14H,2,7-11H2,1H3/t14-/m1/s1. The van der Waals surface area contributed by atoms with Crippen LogP contribution in [0, 0.1) is 0 Å². The highest BCUT2D eigenvalue weighted by atomic mass is 35.5. The highest BCUT2D eigenvalue weighted by Crippen LogP contribution is 2.31. The zero-order valence-electron chi connectivity index (χ0n) is 12.7. The summed E-state index contributed by atoms with van der Waals surface area (Å²) in [5.41, 5.74) is 0.494. The number of amides is 2. The Bertz CT molecular complexity index is 585. The van der Waals surface area contributed by atoms with Crippen molar-refractivity contribution >= 4 is 29.1 Å². The SMILES string of the molecule is CCN1CCN([C@@H]2CC(=O)N(c3ccccc3Cl)C2=O)CC1. The topological polar surface area (TPSA) is 43.9 Å². The highest BCUT2D eigenvalue weighted by Gasteiger charge is 2.43. The normalized spacial score (nSPS) is 24.3. The summed E-state index contributed by atoms with van der Waals surface area (Å²) >= 11 is 6.14. The van der Waals surface area contributed by atoms with Gasteiger partial charge in [0.25, 0.3) is 5.91 Å². The Hall–Kier alpha value is -1.43. The molecule has 5 nitrogen and oxygen atoms in total. The second-order valence-electron chi connectivity index (χ2n) is 5.71. The van der Waals surface area contributed by atoms with Crippen molar-refractivity contribution in [1.82, 2.24) is 9.80 Å². The molecule has 1 aromatic carbocycles. The summed E-state index contributed by atoms with van der Waals surface area (Å²) in [4.78, 5) is 30.8. The monoisotopic (exact) mass is 321 g/mol. The summed E-state index contributed by atoms with van der Waals surface area (Å²) in [6, 6.07) is 6.65. The Morgan fingerprint density at radius 2 is 1.82 bits per heavy atom. The minimum atomic E-state index is -0.345. The number of hydrogen-bond donors (Lipinski definition) is 0. The summed E-state index contributed by atoms with van der Waals surface area (Å²) in [5.74, 6) is -0.316. The fraction of sp³-hybridized carbons (Fsp3) is 0.500. The van der Waals surface area contributed by atoms with Crippen LogP contribution in [0.5, 0.6) is 0 Å². The number of anilines is 1. The smallest absolute Gasteiger partial charge is 0.251 e. The molecule has 0 unspecified atom stereocenters. The number of carbonyl (C=O) groups excluding carboxylic acids is 2. The quantitative estimate of drug-likeness (QED) is 0.793. The largest absolute Gasteiger partial charge is 0.301 e. The predicted octanol–water partition coefficient (Wildman–Crippen LogP) is 1.61. The van der Waals surface area contributed by atoms with Crippen LogP contribution in [0.25, 0.3) is 0 Å². The van der Waals surface area contributed by atoms with Gasteiger partial charge in [0.2, 0.25) is 5.91 Å². The molecule has 2 fully saturated rings. The fourth-order valence-corrected chi connectivity index (χ4v) is 3.40. The van der Waals surface area contributed by atoms with Crippen LogP contribution >= 0.6 is 11.6 Å². The molecule has 0 saturated carbocycles. The average Bonchev–Trinajstić information content (AvgIpc) is 2.83. The molecule has 2 aliphatic heterocycles. The molecule has 6 heteroatoms. The van der Waals surface area contributed by atoms with E-state index in [4.69, 9.17) is 11.6 Å². The first kappa shape index (κ1) is 15.5. The molecule has 1 atom stereocenters. The molecular weight excluding hydrogens is 302 g/mol. The van der Waals surface area contributed by atoms with Gasteiger partial charge >= 0.3 is 0 Å². The molecule has 3 rings (SSSR count). The van der Waals surface area contributed by atoms with Crippen molar-refractivity contribution in [3.05, 3.63) is 29.3 Å². The summed E-state index contributed by atoms with van der Waals surface area (Å²) in [6.07, 6.45) is 0.246. The first-order valence-corrected chi connectivity index (χ1v) is 8.07. The van der Waals surface area contributed by atoms with Gasteiger partial charge in [-0.15, -0.1) is 0 Å². The van der Waals surface area contributed by atoms with Crippen molar-refractivity contribution in [2.45, 2.75) is 19.4 Å². The third-order valence-electron chi connectivity index (χ3n) is 4.51. The maximum atomic E-state index is 12.7. The number of halogens is 1. The van der Waals surface area contributed by atoms with Gasteiger partial charge in [-0.05, 0) is 18.7 Å². The first-order valence-electron chi connectivity index (χ1n) is 7.69. The second-order valence-corrected chi connectivity index (χ2v) is 6.12. The number of benzene rings is 1. The lowest BCUT2D eigenvalue weighted by atomic mass is 10.1. The van der Waals surface area contributed by atoms with Gasteiger partial charge < -0.3 is 4.90 Å². The lowest BCUT2D eigenvalue weighted by Gasteiger charge is -2.36. The van der Waals surface area contributed by atoms with E-state index < -0.39 is 0 Å². The van der Waals surface area contributed by atoms with Crippen molar-refractivity contribution in [2.75, 3.05) is 37.6 Å². The maximum Gasteiger partial charge on any atom is 0.251 e. The number of para-hydroxylation sites is 1. The van der Waals surface area contributed by atoms with Crippen molar-refractivity contribution < 1.29 is 9.59 Å². The molecule has 0 N–H and O–H groups in total. The van der Waals surface area contributed by atoms with Gasteiger partial charge in [-0.1, -0.05) is 30.7 Å². The molecular formula is C16H20ClN3O2. The Morgan fingerprint density at radius 1 is 1.14 bits per heavy atom. The molecule has 2 heterocycles. The van der Waals surface area contributed by atoms with E-state index in [1.165, 1.54) is 4.90 Å². The van der Waals surface area contributed by atoms with Crippen molar-refractivity contribution in [3.8, 4) is 0 Å². The van der Waals surface area contributed by atoms with E-state index in [2.05, 4.69) is 16.7 Å². The third kappa shape index (κ3) is 2.76. The van der Waals surface area contributed by atoms with Gasteiger partial charge in [0.15, 0.2) is 0 Å². The van der Waals surface area contributed by atoms with Gasteiger partial charge in [-0.2, -0.15) is 0 Å². The third-order valence-corrected chi connectivity index (χ3v) is 4.83. The summed E-state index contributed by atoms with van der Waals surface area (Å²) in [7, 11) is 0. The molecule has 118 valence electrons. The number of imide groups is 1. The molecule has 2 aliphatic rings. The molecule has 0 radical (unpaired) electrons. The van der Waals surface area contributed by atoms with Crippen molar-refractivity contribution in [3.63, 3.8) is 0 Å². The van der Waals surface area contributed by atoms with Gasteiger partial charge in [0.1, 0.15) is 0 Å². The minimum absolute atomic E-state index is 0.150. The summed E-state index contributed by atoms with van der Waals surface area (Å²) < 4.78 is 0. The number of carbonyl (C=O) groups is 2. The van der Waals surface area contributed by atoms with E-state index in [1.807, 2.05) is 0 Å². The van der Waals surface area contributed by atoms with Crippen molar-refractivity contribution in [1.29, 1.82) is 0 Å². The lowest BCUT2D eigenvalue weighted by molar-refractivity contribution is -0.123. The van der Waals surface area contributed by atoms with E-state index in [0.29, 0.717) is 10.7 Å². The van der Waals surface area contributed by atoms with Gasteiger partial charge in [-0.25, -0.2) is 4.90 Å². The van der Waals surface area contributed by atoms with Crippen LogP contribution in [0.4, 0.5) is 5.69 Å². The summed E-state index contributed by atoms with van der Waals surface area (Å²) in [5, 5.41) is 0.431. The zero-order valence-corrected chi connectivity index (χ0v) is 13.4. The van der Waals surface area contributed by atoms with Crippen LogP contribution in [0.2, 0.25) is 5.02 Å². The van der Waals surface area contributed by atoms with Gasteiger partial charge in [0, 0.05) is 26.2 Å². The van der Waals surface area contributed by atoms with E-state index in [1.54, 1.807) is 24.3 Å².